The van der Waals surface area contributed by atoms with E-state index in [2.05, 4.69) is 15.0 Å². The molecule has 2 saturated carbocycles. The number of anilines is 1. The monoisotopic (exact) mass is 290 g/mol. The number of carbonyl (C=O) groups excluding carboxylic acids is 1. The van der Waals surface area contributed by atoms with E-state index in [0.717, 1.165) is 18.4 Å². The number of nitrogens with zero attached hydrogens (tertiary/aromatic N) is 1. The van der Waals surface area contributed by atoms with Crippen LogP contribution in [0.5, 0.6) is 0 Å². The van der Waals surface area contributed by atoms with E-state index < -0.39 is 17.8 Å². The van der Waals surface area contributed by atoms with Crippen LogP contribution >= 0.6 is 0 Å². The summed E-state index contributed by atoms with van der Waals surface area (Å²) in [4.78, 5) is 24.1. The second-order valence-corrected chi connectivity index (χ2v) is 6.01. The van der Waals surface area contributed by atoms with Gasteiger partial charge in [0.25, 0.3) is 0 Å². The van der Waals surface area contributed by atoms with Crippen LogP contribution in [-0.2, 0) is 9.59 Å². The fraction of sp³-hybridized carbons (Fsp3) is 0.533. The summed E-state index contributed by atoms with van der Waals surface area (Å²) in [5.74, 6) is -1.98. The van der Waals surface area contributed by atoms with E-state index in [9.17, 15) is 14.7 Å². The normalized spacial score (nSPS) is 30.5. The molecule has 1 amide bonds. The van der Waals surface area contributed by atoms with Crippen molar-refractivity contribution in [1.82, 2.24) is 5.16 Å². The van der Waals surface area contributed by atoms with Crippen LogP contribution in [0.15, 0.2) is 28.0 Å². The minimum absolute atomic E-state index is 0.00874. The van der Waals surface area contributed by atoms with Crippen LogP contribution in [0.2, 0.25) is 0 Å². The third kappa shape index (κ3) is 2.14. The molecular formula is C15H18N2O4. The van der Waals surface area contributed by atoms with Crippen LogP contribution in [0.25, 0.3) is 0 Å². The molecule has 0 aromatic carbocycles. The SMILES string of the molecule is CC(C)=C1[C@H]2CC[C@H]1[C@@H](C(=O)Nc1ccon1)[C@H]2C(=O)O. The quantitative estimate of drug-likeness (QED) is 0.833. The Morgan fingerprint density at radius 3 is 2.48 bits per heavy atom. The predicted molar refractivity (Wildman–Crippen MR) is 74.3 cm³/mol. The maximum Gasteiger partial charge on any atom is 0.307 e. The van der Waals surface area contributed by atoms with E-state index in [4.69, 9.17) is 0 Å². The predicted octanol–water partition coefficient (Wildman–Crippen LogP) is 2.31. The average Bonchev–Trinajstić information content (AvgIpc) is 3.11. The molecule has 1 aromatic rings. The highest BCUT2D eigenvalue weighted by Crippen LogP contribution is 2.57. The number of aromatic nitrogens is 1. The van der Waals surface area contributed by atoms with Gasteiger partial charge in [-0.3, -0.25) is 9.59 Å². The summed E-state index contributed by atoms with van der Waals surface area (Å²) < 4.78 is 4.68. The first-order valence-corrected chi connectivity index (χ1v) is 7.12. The molecule has 21 heavy (non-hydrogen) atoms. The Kier molecular flexibility index (Phi) is 3.31. The van der Waals surface area contributed by atoms with Gasteiger partial charge in [0, 0.05) is 6.07 Å². The largest absolute Gasteiger partial charge is 0.481 e. The Bertz CT molecular complexity index is 601. The zero-order valence-corrected chi connectivity index (χ0v) is 12.0. The molecule has 4 atom stereocenters. The van der Waals surface area contributed by atoms with E-state index in [1.54, 1.807) is 6.07 Å². The molecule has 6 heteroatoms. The van der Waals surface area contributed by atoms with E-state index in [0.29, 0.717) is 5.82 Å². The molecular weight excluding hydrogens is 272 g/mol. The topological polar surface area (TPSA) is 92.4 Å². The number of allylic oxidation sites excluding steroid dienone is 2. The van der Waals surface area contributed by atoms with Crippen molar-refractivity contribution in [2.45, 2.75) is 26.7 Å². The van der Waals surface area contributed by atoms with Gasteiger partial charge in [-0.1, -0.05) is 16.3 Å². The smallest absolute Gasteiger partial charge is 0.307 e. The number of carboxylic acid groups (broad SMARTS) is 1. The Balaban J connectivity index is 1.91. The first kappa shape index (κ1) is 13.9. The van der Waals surface area contributed by atoms with Crippen molar-refractivity contribution < 1.29 is 19.2 Å². The molecule has 2 N–H and O–H groups in total. The maximum absolute atomic E-state index is 12.5. The van der Waals surface area contributed by atoms with E-state index in [1.807, 2.05) is 13.8 Å². The number of rotatable bonds is 3. The molecule has 2 fully saturated rings. The molecule has 2 bridgehead atoms. The number of hydrogen-bond acceptors (Lipinski definition) is 4. The third-order valence-electron chi connectivity index (χ3n) is 4.70. The van der Waals surface area contributed by atoms with E-state index in [-0.39, 0.29) is 17.7 Å². The molecule has 0 aliphatic heterocycles. The molecule has 0 saturated heterocycles. The zero-order chi connectivity index (χ0) is 15.1. The second kappa shape index (κ2) is 5.02. The number of fused-ring (bicyclic) bond motifs is 2. The minimum Gasteiger partial charge on any atom is -0.481 e. The average molecular weight is 290 g/mol. The first-order chi connectivity index (χ1) is 10.0. The lowest BCUT2D eigenvalue weighted by Gasteiger charge is -2.25. The maximum atomic E-state index is 12.5. The zero-order valence-electron chi connectivity index (χ0n) is 12.0. The fourth-order valence-electron chi connectivity index (χ4n) is 4.09. The van der Waals surface area contributed by atoms with Crippen molar-refractivity contribution in [3.8, 4) is 0 Å². The van der Waals surface area contributed by atoms with Gasteiger partial charge in [0.2, 0.25) is 5.91 Å². The number of nitrogens with one attached hydrogen (secondary N) is 1. The van der Waals surface area contributed by atoms with Crippen LogP contribution in [0.1, 0.15) is 26.7 Å². The Morgan fingerprint density at radius 2 is 1.95 bits per heavy atom. The first-order valence-electron chi connectivity index (χ1n) is 7.12. The van der Waals surface area contributed by atoms with Crippen LogP contribution in [0.3, 0.4) is 0 Å². The summed E-state index contributed by atoms with van der Waals surface area (Å²) in [6.07, 6.45) is 3.11. The number of hydrogen-bond donors (Lipinski definition) is 2. The number of carbonyl (C=O) groups is 2. The van der Waals surface area contributed by atoms with Crippen molar-refractivity contribution >= 4 is 17.7 Å². The van der Waals surface area contributed by atoms with Crippen LogP contribution < -0.4 is 5.32 Å². The minimum atomic E-state index is -0.888. The summed E-state index contributed by atoms with van der Waals surface area (Å²) >= 11 is 0. The van der Waals surface area contributed by atoms with Crippen LogP contribution in [0, 0.1) is 23.7 Å². The lowest BCUT2D eigenvalue weighted by atomic mass is 9.79. The van der Waals surface area contributed by atoms with Gasteiger partial charge in [0.15, 0.2) is 5.82 Å². The van der Waals surface area contributed by atoms with Crippen molar-refractivity contribution in [2.24, 2.45) is 23.7 Å². The highest BCUT2D eigenvalue weighted by atomic mass is 16.5. The van der Waals surface area contributed by atoms with Crippen molar-refractivity contribution in [1.29, 1.82) is 0 Å². The fourth-order valence-corrected chi connectivity index (χ4v) is 4.09. The Hall–Kier alpha value is -2.11. The van der Waals surface area contributed by atoms with Crippen LogP contribution in [0.4, 0.5) is 5.82 Å². The lowest BCUT2D eigenvalue weighted by molar-refractivity contribution is -0.148. The van der Waals surface area contributed by atoms with Gasteiger partial charge in [-0.15, -0.1) is 0 Å². The van der Waals surface area contributed by atoms with E-state index >= 15 is 0 Å². The molecule has 1 aromatic heterocycles. The van der Waals surface area contributed by atoms with Gasteiger partial charge < -0.3 is 14.9 Å². The summed E-state index contributed by atoms with van der Waals surface area (Å²) in [5, 5.41) is 15.9. The summed E-state index contributed by atoms with van der Waals surface area (Å²) in [5.41, 5.74) is 2.31. The molecule has 3 rings (SSSR count). The Labute approximate surface area is 122 Å². The molecule has 6 nitrogen and oxygen atoms in total. The van der Waals surface area contributed by atoms with Crippen LogP contribution in [-0.4, -0.2) is 22.1 Å². The highest BCUT2D eigenvalue weighted by molar-refractivity contribution is 5.96. The summed E-state index contributed by atoms with van der Waals surface area (Å²) in [6, 6.07) is 1.54. The van der Waals surface area contributed by atoms with Crippen molar-refractivity contribution in [2.75, 3.05) is 5.32 Å². The standard InChI is InChI=1S/C15H18N2O4/c1-7(2)11-8-3-4-9(11)13(15(19)20)12(8)14(18)16-10-5-6-21-17-10/h5-6,8-9,12-13H,3-4H2,1-2H3,(H,19,20)(H,16,17,18)/t8-,9-,12-,13+/m1/s1. The van der Waals surface area contributed by atoms with E-state index in [1.165, 1.54) is 11.8 Å². The highest BCUT2D eigenvalue weighted by Gasteiger charge is 2.57. The molecule has 112 valence electrons. The van der Waals surface area contributed by atoms with Gasteiger partial charge in [0.1, 0.15) is 6.26 Å². The number of carboxylic acids is 1. The number of aliphatic carboxylic acids is 1. The lowest BCUT2D eigenvalue weighted by Crippen LogP contribution is -2.37. The van der Waals surface area contributed by atoms with Crippen molar-refractivity contribution in [3.63, 3.8) is 0 Å². The molecule has 2 aliphatic carbocycles. The van der Waals surface area contributed by atoms with Gasteiger partial charge in [-0.25, -0.2) is 0 Å². The summed E-state index contributed by atoms with van der Waals surface area (Å²) in [6.45, 7) is 3.99. The summed E-state index contributed by atoms with van der Waals surface area (Å²) in [7, 11) is 0. The third-order valence-corrected chi connectivity index (χ3v) is 4.70. The second-order valence-electron chi connectivity index (χ2n) is 6.01. The molecule has 0 radical (unpaired) electrons. The Morgan fingerprint density at radius 1 is 1.29 bits per heavy atom. The van der Waals surface area contributed by atoms with Gasteiger partial charge in [-0.05, 0) is 38.5 Å². The number of amides is 1. The molecule has 0 unspecified atom stereocenters. The molecule has 2 aliphatic rings. The molecule has 1 heterocycles. The molecule has 0 spiro atoms. The van der Waals surface area contributed by atoms with Crippen molar-refractivity contribution in [3.05, 3.63) is 23.5 Å². The van der Waals surface area contributed by atoms with Gasteiger partial charge in [-0.2, -0.15) is 0 Å². The van der Waals surface area contributed by atoms with Gasteiger partial charge in [0.05, 0.1) is 11.8 Å². The van der Waals surface area contributed by atoms with Gasteiger partial charge >= 0.3 is 5.97 Å².